The second-order valence-electron chi connectivity index (χ2n) is 4.71. The topological polar surface area (TPSA) is 0 Å². The number of rotatable bonds is 5. The molecule has 1 aromatic rings. The van der Waals surface area contributed by atoms with E-state index in [9.17, 15) is 0 Å². The van der Waals surface area contributed by atoms with Crippen LogP contribution in [0.25, 0.3) is 0 Å². The summed E-state index contributed by atoms with van der Waals surface area (Å²) < 4.78 is 0. The predicted molar refractivity (Wildman–Crippen MR) is 72.7 cm³/mol. The van der Waals surface area contributed by atoms with Crippen LogP contribution in [0.2, 0.25) is 11.1 Å². The van der Waals surface area contributed by atoms with E-state index in [1.54, 1.807) is 5.19 Å². The van der Waals surface area contributed by atoms with E-state index >= 15 is 0 Å². The Morgan fingerprint density at radius 3 is 1.80 bits per heavy atom. The fourth-order valence-electron chi connectivity index (χ4n) is 2.40. The van der Waals surface area contributed by atoms with Crippen molar-refractivity contribution >= 4 is 14.0 Å². The molecular formula is C14H24Si. The summed E-state index contributed by atoms with van der Waals surface area (Å²) in [6, 6.07) is 11.2. The Hall–Kier alpha value is -0.563. The minimum Gasteiger partial charge on any atom is -0.0654 e. The van der Waals surface area contributed by atoms with E-state index in [2.05, 4.69) is 58.0 Å². The molecule has 1 aromatic carbocycles. The monoisotopic (exact) mass is 220 g/mol. The fourth-order valence-corrected chi connectivity index (χ4v) is 6.52. The molecule has 2 atom stereocenters. The van der Waals surface area contributed by atoms with Crippen LogP contribution in [0.4, 0.5) is 0 Å². The summed E-state index contributed by atoms with van der Waals surface area (Å²) in [6.45, 7) is 9.54. The molecule has 0 saturated heterocycles. The van der Waals surface area contributed by atoms with Crippen molar-refractivity contribution in [2.24, 2.45) is 0 Å². The smallest absolute Gasteiger partial charge is 0.0654 e. The van der Waals surface area contributed by atoms with Crippen molar-refractivity contribution in [2.75, 3.05) is 0 Å². The first-order valence-electron chi connectivity index (χ1n) is 6.25. The first-order chi connectivity index (χ1) is 7.20. The van der Waals surface area contributed by atoms with Crippen molar-refractivity contribution in [2.45, 2.75) is 51.6 Å². The number of benzene rings is 1. The SMILES string of the molecule is CCC(C)[SiH](c1ccccc1)C(C)CC. The van der Waals surface area contributed by atoms with Gasteiger partial charge in [0.15, 0.2) is 0 Å². The zero-order chi connectivity index (χ0) is 11.3. The van der Waals surface area contributed by atoms with Crippen molar-refractivity contribution in [3.63, 3.8) is 0 Å². The zero-order valence-electron chi connectivity index (χ0n) is 10.5. The number of hydrogen-bond acceptors (Lipinski definition) is 0. The van der Waals surface area contributed by atoms with Gasteiger partial charge in [0.25, 0.3) is 0 Å². The van der Waals surface area contributed by atoms with Crippen LogP contribution in [0.15, 0.2) is 30.3 Å². The summed E-state index contributed by atoms with van der Waals surface area (Å²) in [5.74, 6) is 0. The van der Waals surface area contributed by atoms with E-state index in [0.717, 1.165) is 11.1 Å². The molecule has 0 spiro atoms. The van der Waals surface area contributed by atoms with Crippen LogP contribution in [0.5, 0.6) is 0 Å². The molecule has 1 rings (SSSR count). The Bertz CT molecular complexity index is 258. The zero-order valence-corrected chi connectivity index (χ0v) is 11.7. The average Bonchev–Trinajstić information content (AvgIpc) is 2.30. The van der Waals surface area contributed by atoms with Gasteiger partial charge in [0.05, 0.1) is 8.80 Å². The fraction of sp³-hybridized carbons (Fsp3) is 0.571. The largest absolute Gasteiger partial charge is 0.0763 e. The molecule has 0 N–H and O–H groups in total. The van der Waals surface area contributed by atoms with Gasteiger partial charge in [-0.1, -0.05) is 76.1 Å². The first kappa shape index (κ1) is 12.5. The van der Waals surface area contributed by atoms with Gasteiger partial charge in [-0.15, -0.1) is 0 Å². The van der Waals surface area contributed by atoms with E-state index in [1.807, 2.05) is 0 Å². The Kier molecular flexibility index (Phi) is 5.10. The standard InChI is InChI=1S/C14H24Si/c1-5-12(3)15(13(4)6-2)14-10-8-7-9-11-14/h7-13,15H,5-6H2,1-4H3. The van der Waals surface area contributed by atoms with Crippen LogP contribution in [0.1, 0.15) is 40.5 Å². The van der Waals surface area contributed by atoms with Crippen molar-refractivity contribution in [3.05, 3.63) is 30.3 Å². The third-order valence-electron chi connectivity index (χ3n) is 3.70. The summed E-state index contributed by atoms with van der Waals surface area (Å²) >= 11 is 0. The Morgan fingerprint density at radius 2 is 1.40 bits per heavy atom. The molecule has 0 saturated carbocycles. The maximum atomic E-state index is 2.44. The van der Waals surface area contributed by atoms with Crippen LogP contribution < -0.4 is 5.19 Å². The maximum absolute atomic E-state index is 2.44. The van der Waals surface area contributed by atoms with Gasteiger partial charge < -0.3 is 0 Å². The molecule has 0 bridgehead atoms. The summed E-state index contributed by atoms with van der Waals surface area (Å²) in [5.41, 5.74) is 1.84. The summed E-state index contributed by atoms with van der Waals surface area (Å²) in [7, 11) is -0.780. The summed E-state index contributed by atoms with van der Waals surface area (Å²) in [6.07, 6.45) is 2.66. The van der Waals surface area contributed by atoms with Crippen LogP contribution >= 0.6 is 0 Å². The van der Waals surface area contributed by atoms with Gasteiger partial charge in [-0.05, 0) is 11.1 Å². The molecule has 0 heterocycles. The molecule has 0 aliphatic rings. The van der Waals surface area contributed by atoms with Gasteiger partial charge in [-0.3, -0.25) is 0 Å². The third kappa shape index (κ3) is 3.20. The van der Waals surface area contributed by atoms with Crippen molar-refractivity contribution in [1.82, 2.24) is 0 Å². The molecule has 0 aliphatic heterocycles. The molecule has 0 aromatic heterocycles. The predicted octanol–water partition coefficient (Wildman–Crippen LogP) is 3.72. The van der Waals surface area contributed by atoms with Gasteiger partial charge in [0, 0.05) is 0 Å². The highest BCUT2D eigenvalue weighted by atomic mass is 28.3. The molecule has 0 aliphatic carbocycles. The molecule has 84 valence electrons. The normalized spacial score (nSPS) is 17.1. The molecule has 0 fully saturated rings. The molecular weight excluding hydrogens is 196 g/mol. The molecule has 0 amide bonds. The van der Waals surface area contributed by atoms with Crippen LogP contribution in [-0.4, -0.2) is 8.80 Å². The second-order valence-corrected chi connectivity index (χ2v) is 8.70. The number of hydrogen-bond donors (Lipinski definition) is 0. The van der Waals surface area contributed by atoms with Crippen LogP contribution in [-0.2, 0) is 0 Å². The Labute approximate surface area is 96.3 Å². The third-order valence-corrected chi connectivity index (χ3v) is 8.25. The first-order valence-corrected chi connectivity index (χ1v) is 8.16. The van der Waals surface area contributed by atoms with E-state index in [-0.39, 0.29) is 0 Å². The lowest BCUT2D eigenvalue weighted by atomic mass is 10.3. The van der Waals surface area contributed by atoms with Crippen molar-refractivity contribution < 1.29 is 0 Å². The van der Waals surface area contributed by atoms with Gasteiger partial charge in [-0.2, -0.15) is 0 Å². The molecule has 0 nitrogen and oxygen atoms in total. The van der Waals surface area contributed by atoms with Crippen molar-refractivity contribution in [3.8, 4) is 0 Å². The Balaban J connectivity index is 2.91. The minimum absolute atomic E-state index is 0.780. The van der Waals surface area contributed by atoms with Gasteiger partial charge in [0.2, 0.25) is 0 Å². The molecule has 2 unspecified atom stereocenters. The van der Waals surface area contributed by atoms with Gasteiger partial charge in [0.1, 0.15) is 0 Å². The minimum atomic E-state index is -0.780. The second kappa shape index (κ2) is 6.11. The van der Waals surface area contributed by atoms with Crippen LogP contribution in [0.3, 0.4) is 0 Å². The molecule has 0 radical (unpaired) electrons. The summed E-state index contributed by atoms with van der Waals surface area (Å²) in [5, 5.41) is 1.65. The van der Waals surface area contributed by atoms with E-state index in [4.69, 9.17) is 0 Å². The molecule has 1 heteroatoms. The quantitative estimate of drug-likeness (QED) is 0.664. The lowest BCUT2D eigenvalue weighted by molar-refractivity contribution is 0.790. The Morgan fingerprint density at radius 1 is 0.933 bits per heavy atom. The maximum Gasteiger partial charge on any atom is 0.0763 e. The highest BCUT2D eigenvalue weighted by molar-refractivity contribution is 6.75. The highest BCUT2D eigenvalue weighted by Gasteiger charge is 2.24. The van der Waals surface area contributed by atoms with E-state index in [0.29, 0.717) is 0 Å². The van der Waals surface area contributed by atoms with Gasteiger partial charge >= 0.3 is 0 Å². The average molecular weight is 220 g/mol. The van der Waals surface area contributed by atoms with Gasteiger partial charge in [-0.25, -0.2) is 0 Å². The van der Waals surface area contributed by atoms with E-state index < -0.39 is 8.80 Å². The molecule has 15 heavy (non-hydrogen) atoms. The lowest BCUT2D eigenvalue weighted by Crippen LogP contribution is -2.37. The van der Waals surface area contributed by atoms with Crippen LogP contribution in [0, 0.1) is 0 Å². The summed E-state index contributed by atoms with van der Waals surface area (Å²) in [4.78, 5) is 0. The lowest BCUT2D eigenvalue weighted by Gasteiger charge is -2.27. The van der Waals surface area contributed by atoms with E-state index in [1.165, 1.54) is 12.8 Å². The highest BCUT2D eigenvalue weighted by Crippen LogP contribution is 2.25. The van der Waals surface area contributed by atoms with Crippen molar-refractivity contribution in [1.29, 1.82) is 0 Å².